The fourth-order valence-electron chi connectivity index (χ4n) is 1.34. The first-order valence-corrected chi connectivity index (χ1v) is 6.06. The lowest BCUT2D eigenvalue weighted by atomic mass is 10.3. The molecule has 1 aromatic rings. The average Bonchev–Trinajstić information content (AvgIpc) is 3.20. The van der Waals surface area contributed by atoms with Crippen LogP contribution in [0.2, 0.25) is 0 Å². The van der Waals surface area contributed by atoms with Crippen LogP contribution in [0.4, 0.5) is 10.5 Å². The quantitative estimate of drug-likeness (QED) is 0.789. The van der Waals surface area contributed by atoms with E-state index < -0.39 is 6.09 Å². The van der Waals surface area contributed by atoms with Crippen LogP contribution in [0.5, 0.6) is 5.75 Å². The fourth-order valence-corrected chi connectivity index (χ4v) is 1.34. The molecule has 0 radical (unpaired) electrons. The van der Waals surface area contributed by atoms with Crippen LogP contribution in [0.1, 0.15) is 13.3 Å². The second-order valence-electron chi connectivity index (χ2n) is 4.05. The number of amides is 1. The van der Waals surface area contributed by atoms with Crippen LogP contribution in [0.15, 0.2) is 24.3 Å². The van der Waals surface area contributed by atoms with E-state index in [2.05, 4.69) is 12.2 Å². The minimum Gasteiger partial charge on any atom is -0.494 e. The molecule has 1 fully saturated rings. The van der Waals surface area contributed by atoms with Gasteiger partial charge in [0.05, 0.1) is 13.2 Å². The Hall–Kier alpha value is -1.75. The standard InChI is InChI=1S/C13H17NO4/c1-2-7-16-11-5-3-10(4-6-11)14-13(15)18-9-12-8-17-12/h3-6,12H,2,7-9H2,1H3,(H,14,15). The molecule has 5 nitrogen and oxygen atoms in total. The van der Waals surface area contributed by atoms with Crippen molar-refractivity contribution in [2.24, 2.45) is 0 Å². The van der Waals surface area contributed by atoms with Crippen molar-refractivity contribution in [1.82, 2.24) is 0 Å². The predicted octanol–water partition coefficient (Wildman–Crippen LogP) is 2.42. The molecule has 0 aliphatic carbocycles. The number of rotatable bonds is 6. The van der Waals surface area contributed by atoms with Gasteiger partial charge in [-0.05, 0) is 30.7 Å². The van der Waals surface area contributed by atoms with E-state index in [-0.39, 0.29) is 6.10 Å². The van der Waals surface area contributed by atoms with Gasteiger partial charge in [0.15, 0.2) is 0 Å². The average molecular weight is 251 g/mol. The first kappa shape index (κ1) is 12.7. The molecular weight excluding hydrogens is 234 g/mol. The summed E-state index contributed by atoms with van der Waals surface area (Å²) in [6.07, 6.45) is 0.587. The van der Waals surface area contributed by atoms with Crippen molar-refractivity contribution >= 4 is 11.8 Å². The SMILES string of the molecule is CCCOc1ccc(NC(=O)OCC2CO2)cc1. The van der Waals surface area contributed by atoms with E-state index in [1.165, 1.54) is 0 Å². The monoisotopic (exact) mass is 251 g/mol. The van der Waals surface area contributed by atoms with Crippen LogP contribution in [-0.2, 0) is 9.47 Å². The van der Waals surface area contributed by atoms with Gasteiger partial charge in [-0.25, -0.2) is 4.79 Å². The van der Waals surface area contributed by atoms with E-state index in [1.807, 2.05) is 12.1 Å². The summed E-state index contributed by atoms with van der Waals surface area (Å²) in [5.41, 5.74) is 0.681. The highest BCUT2D eigenvalue weighted by molar-refractivity contribution is 5.84. The lowest BCUT2D eigenvalue weighted by Crippen LogP contribution is -2.16. The van der Waals surface area contributed by atoms with Crippen LogP contribution in [0.25, 0.3) is 0 Å². The van der Waals surface area contributed by atoms with Crippen molar-refractivity contribution in [3.05, 3.63) is 24.3 Å². The summed E-state index contributed by atoms with van der Waals surface area (Å²) in [6.45, 7) is 3.73. The third kappa shape index (κ3) is 4.25. The Balaban J connectivity index is 1.75. The summed E-state index contributed by atoms with van der Waals surface area (Å²) in [5, 5.41) is 2.64. The summed E-state index contributed by atoms with van der Waals surface area (Å²) in [7, 11) is 0. The zero-order valence-electron chi connectivity index (χ0n) is 10.3. The van der Waals surface area contributed by atoms with Gasteiger partial charge in [-0.1, -0.05) is 6.92 Å². The number of benzene rings is 1. The highest BCUT2D eigenvalue weighted by atomic mass is 16.6. The van der Waals surface area contributed by atoms with E-state index in [0.717, 1.165) is 12.2 Å². The third-order valence-corrected chi connectivity index (χ3v) is 2.38. The molecule has 1 unspecified atom stereocenters. The van der Waals surface area contributed by atoms with Crippen LogP contribution >= 0.6 is 0 Å². The summed E-state index contributed by atoms with van der Waals surface area (Å²) >= 11 is 0. The maximum atomic E-state index is 11.4. The van der Waals surface area contributed by atoms with Gasteiger partial charge in [-0.15, -0.1) is 0 Å². The summed E-state index contributed by atoms with van der Waals surface area (Å²) in [4.78, 5) is 11.4. The maximum absolute atomic E-state index is 11.4. The topological polar surface area (TPSA) is 60.1 Å². The Kier molecular flexibility index (Phi) is 4.41. The third-order valence-electron chi connectivity index (χ3n) is 2.38. The maximum Gasteiger partial charge on any atom is 0.411 e. The number of carbonyl (C=O) groups excluding carboxylic acids is 1. The number of epoxide rings is 1. The minimum absolute atomic E-state index is 0.0839. The van der Waals surface area contributed by atoms with Crippen LogP contribution < -0.4 is 10.1 Å². The molecular formula is C13H17NO4. The molecule has 18 heavy (non-hydrogen) atoms. The lowest BCUT2D eigenvalue weighted by Gasteiger charge is -2.07. The second-order valence-corrected chi connectivity index (χ2v) is 4.05. The molecule has 1 aliphatic heterocycles. The van der Waals surface area contributed by atoms with Crippen LogP contribution in [0.3, 0.4) is 0 Å². The molecule has 1 aliphatic rings. The largest absolute Gasteiger partial charge is 0.494 e. The Bertz CT molecular complexity index is 386. The number of ether oxygens (including phenoxy) is 3. The molecule has 2 rings (SSSR count). The van der Waals surface area contributed by atoms with Crippen molar-refractivity contribution < 1.29 is 19.0 Å². The zero-order valence-corrected chi connectivity index (χ0v) is 10.3. The van der Waals surface area contributed by atoms with E-state index in [0.29, 0.717) is 25.5 Å². The second kappa shape index (κ2) is 6.26. The molecule has 1 N–H and O–H groups in total. The first-order chi connectivity index (χ1) is 8.78. The van der Waals surface area contributed by atoms with E-state index in [4.69, 9.17) is 14.2 Å². The Morgan fingerprint density at radius 3 is 2.78 bits per heavy atom. The number of nitrogens with one attached hydrogen (secondary N) is 1. The fraction of sp³-hybridized carbons (Fsp3) is 0.462. The Labute approximate surface area is 106 Å². The molecule has 0 aromatic heterocycles. The van der Waals surface area contributed by atoms with Gasteiger partial charge in [-0.3, -0.25) is 5.32 Å². The number of anilines is 1. The van der Waals surface area contributed by atoms with Crippen molar-refractivity contribution in [2.75, 3.05) is 25.1 Å². The molecule has 5 heteroatoms. The van der Waals surface area contributed by atoms with Gasteiger partial charge in [-0.2, -0.15) is 0 Å². The van der Waals surface area contributed by atoms with Gasteiger partial charge in [0.1, 0.15) is 18.5 Å². The molecule has 1 saturated heterocycles. The summed E-state index contributed by atoms with van der Waals surface area (Å²) < 4.78 is 15.3. The van der Waals surface area contributed by atoms with Gasteiger partial charge < -0.3 is 14.2 Å². The van der Waals surface area contributed by atoms with E-state index in [9.17, 15) is 4.79 Å². The Morgan fingerprint density at radius 1 is 1.44 bits per heavy atom. The number of hydrogen-bond acceptors (Lipinski definition) is 4. The highest BCUT2D eigenvalue weighted by Gasteiger charge is 2.24. The number of carbonyl (C=O) groups is 1. The molecule has 98 valence electrons. The number of hydrogen-bond donors (Lipinski definition) is 1. The molecule has 0 spiro atoms. The zero-order chi connectivity index (χ0) is 12.8. The molecule has 1 atom stereocenters. The van der Waals surface area contributed by atoms with Gasteiger partial charge in [0.2, 0.25) is 0 Å². The highest BCUT2D eigenvalue weighted by Crippen LogP contribution is 2.16. The lowest BCUT2D eigenvalue weighted by molar-refractivity contribution is 0.150. The summed E-state index contributed by atoms with van der Waals surface area (Å²) in [5.74, 6) is 0.794. The van der Waals surface area contributed by atoms with Crippen molar-refractivity contribution in [3.8, 4) is 5.75 Å². The van der Waals surface area contributed by atoms with E-state index in [1.54, 1.807) is 12.1 Å². The predicted molar refractivity (Wildman–Crippen MR) is 66.9 cm³/mol. The van der Waals surface area contributed by atoms with Crippen molar-refractivity contribution in [2.45, 2.75) is 19.4 Å². The van der Waals surface area contributed by atoms with E-state index >= 15 is 0 Å². The molecule has 1 aromatic carbocycles. The minimum atomic E-state index is -0.465. The van der Waals surface area contributed by atoms with Gasteiger partial charge in [0.25, 0.3) is 0 Å². The molecule has 0 saturated carbocycles. The first-order valence-electron chi connectivity index (χ1n) is 6.06. The van der Waals surface area contributed by atoms with Crippen LogP contribution in [-0.4, -0.2) is 32.0 Å². The Morgan fingerprint density at radius 2 is 2.17 bits per heavy atom. The van der Waals surface area contributed by atoms with Crippen LogP contribution in [0, 0.1) is 0 Å². The van der Waals surface area contributed by atoms with Gasteiger partial charge >= 0.3 is 6.09 Å². The van der Waals surface area contributed by atoms with Gasteiger partial charge in [0, 0.05) is 5.69 Å². The normalized spacial score (nSPS) is 17.1. The van der Waals surface area contributed by atoms with Crippen molar-refractivity contribution in [1.29, 1.82) is 0 Å². The molecule has 1 heterocycles. The molecule has 0 bridgehead atoms. The van der Waals surface area contributed by atoms with Crippen molar-refractivity contribution in [3.63, 3.8) is 0 Å². The molecule has 1 amide bonds. The summed E-state index contributed by atoms with van der Waals surface area (Å²) in [6, 6.07) is 7.18. The smallest absolute Gasteiger partial charge is 0.411 e.